The van der Waals surface area contributed by atoms with Crippen molar-refractivity contribution in [1.82, 2.24) is 28.4 Å². The van der Waals surface area contributed by atoms with Crippen LogP contribution < -0.4 is 5.32 Å². The van der Waals surface area contributed by atoms with E-state index < -0.39 is 10.2 Å². The number of urea groups is 1. The molecule has 2 heterocycles. The molecule has 1 fully saturated rings. The van der Waals surface area contributed by atoms with E-state index in [2.05, 4.69) is 10.3 Å². The summed E-state index contributed by atoms with van der Waals surface area (Å²) in [6, 6.07) is 7.56. The van der Waals surface area contributed by atoms with Gasteiger partial charge in [0.2, 0.25) is 0 Å². The molecule has 1 aromatic heterocycles. The highest BCUT2D eigenvalue weighted by Crippen LogP contribution is 2.17. The summed E-state index contributed by atoms with van der Waals surface area (Å²) in [6.45, 7) is 3.25. The number of carbonyl (C=O) groups excluding carboxylic acids is 1. The van der Waals surface area contributed by atoms with Crippen molar-refractivity contribution < 1.29 is 13.2 Å². The predicted molar refractivity (Wildman–Crippen MR) is 106 cm³/mol. The number of benzene rings is 1. The van der Waals surface area contributed by atoms with Crippen LogP contribution in [-0.2, 0) is 10.2 Å². The lowest BCUT2D eigenvalue weighted by atomic mass is 10.1. The lowest BCUT2D eigenvalue weighted by Gasteiger charge is -2.35. The van der Waals surface area contributed by atoms with Crippen LogP contribution in [0.3, 0.4) is 0 Å². The summed E-state index contributed by atoms with van der Waals surface area (Å²) < 4.78 is 28.8. The Hall–Kier alpha value is -2.43. The summed E-state index contributed by atoms with van der Waals surface area (Å²) in [7, 11) is -0.420. The van der Waals surface area contributed by atoms with E-state index in [-0.39, 0.29) is 12.1 Å². The van der Waals surface area contributed by atoms with Crippen LogP contribution in [-0.4, -0.2) is 77.8 Å². The fourth-order valence-corrected chi connectivity index (χ4v) is 4.15. The number of hydrogen-bond donors (Lipinski definition) is 1. The Morgan fingerprint density at radius 1 is 1.14 bits per heavy atom. The second-order valence-corrected chi connectivity index (χ2v) is 9.05. The zero-order valence-electron chi connectivity index (χ0n) is 16.3. The first-order valence-corrected chi connectivity index (χ1v) is 10.5. The van der Waals surface area contributed by atoms with Crippen molar-refractivity contribution >= 4 is 16.2 Å². The molecule has 9 nitrogen and oxygen atoms in total. The minimum Gasteiger partial charge on any atom is -0.331 e. The number of hydrogen-bond acceptors (Lipinski definition) is 4. The second kappa shape index (κ2) is 8.29. The van der Waals surface area contributed by atoms with Gasteiger partial charge in [-0.2, -0.15) is 17.0 Å². The number of nitrogens with one attached hydrogen (secondary N) is 1. The first-order chi connectivity index (χ1) is 13.3. The number of amides is 2. The van der Waals surface area contributed by atoms with Gasteiger partial charge in [-0.3, -0.25) is 0 Å². The average molecular weight is 407 g/mol. The Labute approximate surface area is 165 Å². The molecule has 1 N–H and O–H groups in total. The lowest BCUT2D eigenvalue weighted by molar-refractivity contribution is 0.167. The van der Waals surface area contributed by atoms with E-state index in [9.17, 15) is 13.2 Å². The molecule has 2 amide bonds. The molecule has 1 saturated heterocycles. The fraction of sp³-hybridized carbons (Fsp3) is 0.444. The van der Waals surface area contributed by atoms with Crippen LogP contribution >= 0.6 is 0 Å². The first-order valence-electron chi connectivity index (χ1n) is 9.10. The third kappa shape index (κ3) is 4.34. The number of imidazole rings is 1. The van der Waals surface area contributed by atoms with Crippen LogP contribution in [0.25, 0.3) is 5.69 Å². The van der Waals surface area contributed by atoms with Gasteiger partial charge in [-0.05, 0) is 24.6 Å². The highest BCUT2D eigenvalue weighted by atomic mass is 32.2. The van der Waals surface area contributed by atoms with Crippen LogP contribution in [0, 0.1) is 0 Å². The van der Waals surface area contributed by atoms with Crippen molar-refractivity contribution in [3.8, 4) is 5.69 Å². The van der Waals surface area contributed by atoms with Crippen LogP contribution in [0.15, 0.2) is 43.0 Å². The third-order valence-corrected chi connectivity index (χ3v) is 6.79. The van der Waals surface area contributed by atoms with E-state index >= 15 is 0 Å². The zero-order valence-corrected chi connectivity index (χ0v) is 17.1. The number of rotatable bonds is 5. The molecule has 1 atom stereocenters. The molecule has 0 saturated carbocycles. The predicted octanol–water partition coefficient (Wildman–Crippen LogP) is 1.07. The summed E-state index contributed by atoms with van der Waals surface area (Å²) in [6.07, 6.45) is 5.33. The van der Waals surface area contributed by atoms with E-state index in [4.69, 9.17) is 0 Å². The molecule has 3 rings (SSSR count). The molecular formula is C18H26N6O3S. The molecule has 1 aromatic carbocycles. The topological polar surface area (TPSA) is 90.8 Å². The maximum atomic E-state index is 12.5. The van der Waals surface area contributed by atoms with E-state index in [1.54, 1.807) is 17.4 Å². The second-order valence-electron chi connectivity index (χ2n) is 6.91. The maximum Gasteiger partial charge on any atom is 0.317 e. The van der Waals surface area contributed by atoms with Crippen LogP contribution in [0.4, 0.5) is 4.79 Å². The molecule has 28 heavy (non-hydrogen) atoms. The third-order valence-electron chi connectivity index (χ3n) is 4.85. The van der Waals surface area contributed by atoms with E-state index in [1.807, 2.05) is 42.0 Å². The van der Waals surface area contributed by atoms with Gasteiger partial charge in [0.25, 0.3) is 10.2 Å². The molecule has 0 unspecified atom stereocenters. The Kier molecular flexibility index (Phi) is 6.01. The zero-order chi connectivity index (χ0) is 20.3. The smallest absolute Gasteiger partial charge is 0.317 e. The van der Waals surface area contributed by atoms with Crippen molar-refractivity contribution in [3.63, 3.8) is 0 Å². The van der Waals surface area contributed by atoms with Crippen LogP contribution in [0.1, 0.15) is 18.5 Å². The maximum absolute atomic E-state index is 12.5. The van der Waals surface area contributed by atoms with Gasteiger partial charge >= 0.3 is 6.03 Å². The van der Waals surface area contributed by atoms with Gasteiger partial charge in [-0.1, -0.05) is 12.1 Å². The Balaban J connectivity index is 1.55. The highest BCUT2D eigenvalue weighted by molar-refractivity contribution is 7.86. The Morgan fingerprint density at radius 2 is 1.79 bits per heavy atom. The summed E-state index contributed by atoms with van der Waals surface area (Å²) >= 11 is 0. The quantitative estimate of drug-likeness (QED) is 0.804. The molecule has 10 heteroatoms. The molecule has 0 bridgehead atoms. The Morgan fingerprint density at radius 3 is 2.32 bits per heavy atom. The van der Waals surface area contributed by atoms with Crippen LogP contribution in [0.2, 0.25) is 0 Å². The van der Waals surface area contributed by atoms with Gasteiger partial charge < -0.3 is 14.8 Å². The number of nitrogens with zero attached hydrogens (tertiary/aromatic N) is 5. The molecule has 0 radical (unpaired) electrons. The lowest BCUT2D eigenvalue weighted by Crippen LogP contribution is -2.55. The van der Waals surface area contributed by atoms with Crippen molar-refractivity contribution in [1.29, 1.82) is 0 Å². The standard InChI is InChI=1S/C18H26N6O3S/c1-15(16-4-6-17(7-5-16)23-9-8-19-14-23)20-18(25)22-10-12-24(13-11-22)28(26,27)21(2)3/h4-9,14-15H,10-13H2,1-3H3,(H,20,25)/t15-/m0/s1. The molecule has 0 aliphatic carbocycles. The van der Waals surface area contributed by atoms with Gasteiger partial charge in [0.15, 0.2) is 0 Å². The molecular weight excluding hydrogens is 380 g/mol. The van der Waals surface area contributed by atoms with Crippen molar-refractivity contribution in [2.24, 2.45) is 0 Å². The van der Waals surface area contributed by atoms with Gasteiger partial charge in [-0.25, -0.2) is 9.78 Å². The van der Waals surface area contributed by atoms with E-state index in [0.29, 0.717) is 26.2 Å². The largest absolute Gasteiger partial charge is 0.331 e. The molecule has 1 aliphatic rings. The van der Waals surface area contributed by atoms with Gasteiger partial charge in [-0.15, -0.1) is 0 Å². The minimum atomic E-state index is -3.44. The van der Waals surface area contributed by atoms with Gasteiger partial charge in [0, 0.05) is 58.4 Å². The first kappa shape index (κ1) is 20.3. The fourth-order valence-electron chi connectivity index (χ4n) is 3.06. The Bertz CT molecular complexity index is 888. The van der Waals surface area contributed by atoms with Gasteiger partial charge in [0.1, 0.15) is 0 Å². The average Bonchev–Trinajstić information content (AvgIpc) is 3.23. The minimum absolute atomic E-state index is 0.159. The van der Waals surface area contributed by atoms with Crippen LogP contribution in [0.5, 0.6) is 0 Å². The number of aromatic nitrogens is 2. The molecule has 0 spiro atoms. The summed E-state index contributed by atoms with van der Waals surface area (Å²) in [4.78, 5) is 18.2. The van der Waals surface area contributed by atoms with Crippen molar-refractivity contribution in [3.05, 3.63) is 48.5 Å². The van der Waals surface area contributed by atoms with Gasteiger partial charge in [0.05, 0.1) is 12.4 Å². The summed E-state index contributed by atoms with van der Waals surface area (Å²) in [5.74, 6) is 0. The van der Waals surface area contributed by atoms with E-state index in [1.165, 1.54) is 22.7 Å². The summed E-state index contributed by atoms with van der Waals surface area (Å²) in [5.41, 5.74) is 1.99. The van der Waals surface area contributed by atoms with Crippen molar-refractivity contribution in [2.45, 2.75) is 13.0 Å². The molecule has 2 aromatic rings. The van der Waals surface area contributed by atoms with E-state index in [0.717, 1.165) is 11.3 Å². The monoisotopic (exact) mass is 406 g/mol. The molecule has 152 valence electrons. The number of carbonyl (C=O) groups is 1. The summed E-state index contributed by atoms with van der Waals surface area (Å²) in [5, 5.41) is 2.99. The normalized spacial score (nSPS) is 16.9. The SMILES string of the molecule is C[C@H](NC(=O)N1CCN(S(=O)(=O)N(C)C)CC1)c1ccc(-n2ccnc2)cc1. The number of piperazine rings is 1. The van der Waals surface area contributed by atoms with Crippen molar-refractivity contribution in [2.75, 3.05) is 40.3 Å². The molecule has 1 aliphatic heterocycles. The highest BCUT2D eigenvalue weighted by Gasteiger charge is 2.30.